The van der Waals surface area contributed by atoms with Crippen molar-refractivity contribution >= 4 is 52.1 Å². The molecule has 1 amide bonds. The number of carbonyl (C=O) groups is 1. The number of alkyl halides is 6. The topological polar surface area (TPSA) is 32.3 Å². The third-order valence-corrected chi connectivity index (χ3v) is 3.79. The first-order valence-corrected chi connectivity index (χ1v) is 7.57. The fraction of sp³-hybridized carbons (Fsp3) is 0.462. The van der Waals surface area contributed by atoms with Gasteiger partial charge in [-0.15, -0.1) is 0 Å². The number of halogens is 6. The molecule has 0 aliphatic carbocycles. The van der Waals surface area contributed by atoms with Crippen molar-refractivity contribution in [1.82, 2.24) is 0 Å². The van der Waals surface area contributed by atoms with E-state index in [1.165, 1.54) is 6.07 Å². The largest absolute Gasteiger partial charge is 0.416 e. The van der Waals surface area contributed by atoms with Gasteiger partial charge < -0.3 is 10.2 Å². The van der Waals surface area contributed by atoms with Crippen LogP contribution in [0, 0.1) is 0 Å². The van der Waals surface area contributed by atoms with Crippen LogP contribution in [0.3, 0.4) is 0 Å². The fourth-order valence-electron chi connectivity index (χ4n) is 2.24. The third kappa shape index (κ3) is 4.12. The molecule has 0 aromatic heterocycles. The van der Waals surface area contributed by atoms with Gasteiger partial charge in [0.15, 0.2) is 0 Å². The van der Waals surface area contributed by atoms with Gasteiger partial charge in [0.25, 0.3) is 9.70 Å². The van der Waals surface area contributed by atoms with Crippen molar-refractivity contribution in [3.05, 3.63) is 23.8 Å². The second-order valence-electron chi connectivity index (χ2n) is 4.88. The average molecular weight is 376 g/mol. The molecule has 0 saturated carbocycles. The molecule has 0 bridgehead atoms. The van der Waals surface area contributed by atoms with Crippen LogP contribution in [0.25, 0.3) is 0 Å². The van der Waals surface area contributed by atoms with Gasteiger partial charge in [-0.1, -0.05) is 34.8 Å². The Bertz CT molecular complexity index is 567. The zero-order chi connectivity index (χ0) is 16.5. The molecule has 0 radical (unpaired) electrons. The van der Waals surface area contributed by atoms with Gasteiger partial charge in [-0.3, -0.25) is 4.79 Å². The minimum Gasteiger partial charge on any atom is -0.370 e. The number of anilines is 2. The van der Waals surface area contributed by atoms with E-state index in [9.17, 15) is 18.0 Å². The van der Waals surface area contributed by atoms with Crippen molar-refractivity contribution in [2.45, 2.75) is 22.8 Å². The lowest BCUT2D eigenvalue weighted by molar-refractivity contribution is -0.137. The highest BCUT2D eigenvalue weighted by Gasteiger charge is 2.34. The normalized spacial score (nSPS) is 16.0. The second-order valence-corrected chi connectivity index (χ2v) is 7.16. The summed E-state index contributed by atoms with van der Waals surface area (Å²) in [6, 6.07) is 3.14. The lowest BCUT2D eigenvalue weighted by atomic mass is 10.1. The molecule has 1 N–H and O–H groups in total. The molecule has 3 nitrogen and oxygen atoms in total. The van der Waals surface area contributed by atoms with Crippen molar-refractivity contribution in [2.24, 2.45) is 0 Å². The second kappa shape index (κ2) is 6.34. The predicted octanol–water partition coefficient (Wildman–Crippen LogP) is 4.61. The molecule has 2 rings (SSSR count). The van der Waals surface area contributed by atoms with Crippen LogP contribution in [-0.4, -0.2) is 22.8 Å². The molecule has 1 saturated heterocycles. The Labute approximate surface area is 140 Å². The van der Waals surface area contributed by atoms with Gasteiger partial charge in [0.1, 0.15) is 0 Å². The van der Waals surface area contributed by atoms with Crippen molar-refractivity contribution in [3.63, 3.8) is 0 Å². The van der Waals surface area contributed by atoms with E-state index >= 15 is 0 Å². The Balaban J connectivity index is 2.39. The lowest BCUT2D eigenvalue weighted by Crippen LogP contribution is -2.29. The maximum Gasteiger partial charge on any atom is 0.416 e. The van der Waals surface area contributed by atoms with Crippen molar-refractivity contribution < 1.29 is 18.0 Å². The van der Waals surface area contributed by atoms with Crippen molar-refractivity contribution in [3.8, 4) is 0 Å². The third-order valence-electron chi connectivity index (χ3n) is 3.28. The van der Waals surface area contributed by atoms with E-state index in [4.69, 9.17) is 34.8 Å². The number of nitrogens with one attached hydrogen (secondary N) is 1. The minimum absolute atomic E-state index is 0.0203. The van der Waals surface area contributed by atoms with Crippen LogP contribution in [0.1, 0.15) is 18.4 Å². The van der Waals surface area contributed by atoms with Crippen LogP contribution < -0.4 is 10.2 Å². The van der Waals surface area contributed by atoms with Gasteiger partial charge >= 0.3 is 6.18 Å². The van der Waals surface area contributed by atoms with Gasteiger partial charge in [-0.25, -0.2) is 0 Å². The van der Waals surface area contributed by atoms with Crippen LogP contribution in [0.2, 0.25) is 0 Å². The first-order valence-electron chi connectivity index (χ1n) is 6.43. The molecule has 1 aromatic rings. The van der Waals surface area contributed by atoms with E-state index in [2.05, 4.69) is 5.32 Å². The summed E-state index contributed by atoms with van der Waals surface area (Å²) in [5.74, 6) is -1.00. The number of amides is 1. The van der Waals surface area contributed by atoms with E-state index in [1.54, 1.807) is 0 Å². The molecule has 1 heterocycles. The molecule has 122 valence electrons. The molecule has 9 heteroatoms. The monoisotopic (exact) mass is 374 g/mol. The van der Waals surface area contributed by atoms with Gasteiger partial charge in [0, 0.05) is 13.1 Å². The number of hydrogen-bond donors (Lipinski definition) is 1. The Hall–Kier alpha value is -0.850. The quantitative estimate of drug-likeness (QED) is 0.765. The molecule has 22 heavy (non-hydrogen) atoms. The van der Waals surface area contributed by atoms with Crippen molar-refractivity contribution in [1.29, 1.82) is 0 Å². The van der Waals surface area contributed by atoms with E-state index in [1.807, 2.05) is 4.90 Å². The van der Waals surface area contributed by atoms with Gasteiger partial charge in [0.2, 0.25) is 0 Å². The molecule has 1 aromatic carbocycles. The Morgan fingerprint density at radius 3 is 2.23 bits per heavy atom. The minimum atomic E-state index is -4.52. The summed E-state index contributed by atoms with van der Waals surface area (Å²) in [6.45, 7) is 1.39. The first-order chi connectivity index (χ1) is 10.1. The van der Waals surface area contributed by atoms with Crippen molar-refractivity contribution in [2.75, 3.05) is 23.3 Å². The number of rotatable bonds is 2. The molecular formula is C13H12Cl3F3N2O. The maximum absolute atomic E-state index is 12.8. The molecular weight excluding hydrogens is 364 g/mol. The van der Waals surface area contributed by atoms with E-state index in [-0.39, 0.29) is 5.69 Å². The number of benzene rings is 1. The number of hydrogen-bond acceptors (Lipinski definition) is 2. The maximum atomic E-state index is 12.8. The summed E-state index contributed by atoms with van der Waals surface area (Å²) in [7, 11) is 0. The Morgan fingerprint density at radius 1 is 1.14 bits per heavy atom. The highest BCUT2D eigenvalue weighted by atomic mass is 35.6. The predicted molar refractivity (Wildman–Crippen MR) is 81.8 cm³/mol. The Kier molecular flexibility index (Phi) is 5.04. The summed E-state index contributed by atoms with van der Waals surface area (Å²) < 4.78 is 36.3. The molecule has 0 spiro atoms. The molecule has 1 aliphatic heterocycles. The summed E-state index contributed by atoms with van der Waals surface area (Å²) in [5.41, 5.74) is -0.420. The number of nitrogens with zero attached hydrogens (tertiary/aromatic N) is 1. The van der Waals surface area contributed by atoms with Crippen LogP contribution in [0.5, 0.6) is 0 Å². The van der Waals surface area contributed by atoms with Crippen LogP contribution >= 0.6 is 34.8 Å². The fourth-order valence-corrected chi connectivity index (χ4v) is 2.38. The van der Waals surface area contributed by atoms with Gasteiger partial charge in [-0.05, 0) is 31.0 Å². The molecule has 0 atom stereocenters. The van der Waals surface area contributed by atoms with E-state index in [0.29, 0.717) is 18.8 Å². The smallest absolute Gasteiger partial charge is 0.370 e. The van der Waals surface area contributed by atoms with Crippen LogP contribution in [-0.2, 0) is 11.0 Å². The first kappa shape index (κ1) is 17.5. The molecule has 0 unspecified atom stereocenters. The van der Waals surface area contributed by atoms with E-state index in [0.717, 1.165) is 25.0 Å². The SMILES string of the molecule is O=C(Nc1cc(C(F)(F)F)ccc1N1CCCC1)C(Cl)(Cl)Cl. The average Bonchev–Trinajstić information content (AvgIpc) is 2.90. The van der Waals surface area contributed by atoms with E-state index < -0.39 is 21.4 Å². The standard InChI is InChI=1S/C13H12Cl3F3N2O/c14-12(15,16)11(22)20-9-7-8(13(17,18)19)3-4-10(9)21-5-1-2-6-21/h3-4,7H,1-2,5-6H2,(H,20,22). The van der Waals surface area contributed by atoms with Gasteiger partial charge in [-0.2, -0.15) is 13.2 Å². The van der Waals surface area contributed by atoms with Crippen LogP contribution in [0.4, 0.5) is 24.5 Å². The molecule has 1 fully saturated rings. The summed E-state index contributed by atoms with van der Waals surface area (Å²) in [4.78, 5) is 13.6. The zero-order valence-electron chi connectivity index (χ0n) is 11.2. The summed E-state index contributed by atoms with van der Waals surface area (Å²) in [6.07, 6.45) is -2.67. The summed E-state index contributed by atoms with van der Waals surface area (Å²) >= 11 is 16.4. The highest BCUT2D eigenvalue weighted by molar-refractivity contribution is 6.76. The molecule has 1 aliphatic rings. The summed E-state index contributed by atoms with van der Waals surface area (Å²) in [5, 5.41) is 2.26. The Morgan fingerprint density at radius 2 is 1.73 bits per heavy atom. The zero-order valence-corrected chi connectivity index (χ0v) is 13.5. The van der Waals surface area contributed by atoms with Crippen LogP contribution in [0.15, 0.2) is 18.2 Å². The highest BCUT2D eigenvalue weighted by Crippen LogP contribution is 2.37. The van der Waals surface area contributed by atoms with Gasteiger partial charge in [0.05, 0.1) is 16.9 Å². The number of carbonyl (C=O) groups excluding carboxylic acids is 1. The lowest BCUT2D eigenvalue weighted by Gasteiger charge is -2.23.